The molecule has 3 heterocycles. The molecule has 1 aromatic heterocycles. The van der Waals surface area contributed by atoms with E-state index in [0.717, 1.165) is 16.5 Å². The van der Waals surface area contributed by atoms with Gasteiger partial charge in [-0.15, -0.1) is 10.2 Å². The van der Waals surface area contributed by atoms with Crippen LogP contribution in [0.5, 0.6) is 5.75 Å². The first-order chi connectivity index (χ1) is 17.0. The molecule has 3 aromatic rings. The Morgan fingerprint density at radius 1 is 1.20 bits per heavy atom. The summed E-state index contributed by atoms with van der Waals surface area (Å²) in [4.78, 5) is 35.3. The number of fused-ring (bicyclic) bond motifs is 2. The fraction of sp³-hybridized carbons (Fsp3) is 0.375. The van der Waals surface area contributed by atoms with Crippen molar-refractivity contribution in [2.24, 2.45) is 5.92 Å². The molecule has 35 heavy (non-hydrogen) atoms. The third kappa shape index (κ3) is 4.67. The van der Waals surface area contributed by atoms with Crippen molar-refractivity contribution >= 4 is 34.1 Å². The number of nitro benzene ring substituents is 1. The molecule has 0 atom stereocenters. The van der Waals surface area contributed by atoms with E-state index in [-0.39, 0.29) is 17.6 Å². The fourth-order valence-corrected chi connectivity index (χ4v) is 4.44. The number of piperidine rings is 1. The van der Waals surface area contributed by atoms with Crippen LogP contribution in [0.4, 0.5) is 17.3 Å². The first-order valence-electron chi connectivity index (χ1n) is 11.5. The van der Waals surface area contributed by atoms with E-state index in [1.165, 1.54) is 12.1 Å². The predicted molar refractivity (Wildman–Crippen MR) is 127 cm³/mol. The molecule has 0 amide bonds. The van der Waals surface area contributed by atoms with Gasteiger partial charge in [0, 0.05) is 48.1 Å². The van der Waals surface area contributed by atoms with Crippen LogP contribution in [-0.2, 0) is 27.6 Å². The Labute approximate surface area is 201 Å². The van der Waals surface area contributed by atoms with Crippen molar-refractivity contribution in [1.82, 2.24) is 10.2 Å². The highest BCUT2D eigenvalue weighted by Crippen LogP contribution is 2.34. The molecule has 2 aliphatic heterocycles. The Morgan fingerprint density at radius 3 is 2.80 bits per heavy atom. The number of hydrogen-bond acceptors (Lipinski definition) is 10. The van der Waals surface area contributed by atoms with Crippen molar-refractivity contribution in [2.45, 2.75) is 32.9 Å². The Kier molecular flexibility index (Phi) is 6.32. The van der Waals surface area contributed by atoms with E-state index in [1.54, 1.807) is 13.0 Å². The number of non-ortho nitro benzene ring substituents is 1. The second kappa shape index (κ2) is 9.71. The summed E-state index contributed by atoms with van der Waals surface area (Å²) in [5.74, 6) is 1.48. The third-order valence-electron chi connectivity index (χ3n) is 6.32. The molecule has 2 aliphatic rings. The van der Waals surface area contributed by atoms with E-state index >= 15 is 0 Å². The third-order valence-corrected chi connectivity index (χ3v) is 6.32. The van der Waals surface area contributed by atoms with Crippen molar-refractivity contribution in [3.8, 4) is 5.75 Å². The van der Waals surface area contributed by atoms with Gasteiger partial charge in [-0.05, 0) is 37.5 Å². The first-order valence-corrected chi connectivity index (χ1v) is 11.5. The number of ether oxygens (including phenoxy) is 1. The maximum absolute atomic E-state index is 12.1. The van der Waals surface area contributed by atoms with Crippen LogP contribution >= 0.6 is 0 Å². The molecule has 0 bridgehead atoms. The predicted octanol–water partition coefficient (Wildman–Crippen LogP) is 3.75. The molecule has 5 rings (SSSR count). The number of carbonyl (C=O) groups excluding carboxylic acids is 1. The second-order valence-corrected chi connectivity index (χ2v) is 8.51. The van der Waals surface area contributed by atoms with Gasteiger partial charge in [0.1, 0.15) is 6.61 Å². The highest BCUT2D eigenvalue weighted by Gasteiger charge is 2.28. The zero-order valence-electron chi connectivity index (χ0n) is 19.2. The van der Waals surface area contributed by atoms with Crippen LogP contribution < -0.4 is 15.1 Å². The number of hydrogen-bond donors (Lipinski definition) is 1. The quantitative estimate of drug-likeness (QED) is 0.231. The highest BCUT2D eigenvalue weighted by atomic mass is 17.2. The second-order valence-electron chi connectivity index (χ2n) is 8.51. The molecule has 11 nitrogen and oxygen atoms in total. The Balaban J connectivity index is 1.40. The Morgan fingerprint density at radius 2 is 2.03 bits per heavy atom. The van der Waals surface area contributed by atoms with E-state index in [2.05, 4.69) is 20.4 Å². The summed E-state index contributed by atoms with van der Waals surface area (Å²) < 4.78 is 5.16. The van der Waals surface area contributed by atoms with Crippen molar-refractivity contribution in [2.75, 3.05) is 29.9 Å². The summed E-state index contributed by atoms with van der Waals surface area (Å²) in [6.45, 7) is 4.25. The molecular weight excluding hydrogens is 454 g/mol. The largest absolute Gasteiger partial charge is 0.466 e. The molecule has 1 N–H and O–H groups in total. The minimum absolute atomic E-state index is 0.0244. The van der Waals surface area contributed by atoms with Gasteiger partial charge in [-0.3, -0.25) is 14.9 Å². The van der Waals surface area contributed by atoms with Gasteiger partial charge < -0.3 is 19.8 Å². The first kappa shape index (κ1) is 22.8. The molecule has 0 saturated carbocycles. The smallest absolute Gasteiger partial charge is 0.309 e. The summed E-state index contributed by atoms with van der Waals surface area (Å²) in [7, 11) is 0. The maximum atomic E-state index is 12.1. The zero-order valence-corrected chi connectivity index (χ0v) is 19.2. The molecular formula is C24H25N5O6. The van der Waals surface area contributed by atoms with Gasteiger partial charge in [0.05, 0.1) is 17.4 Å². The van der Waals surface area contributed by atoms with Gasteiger partial charge in [-0.1, -0.05) is 12.1 Å². The number of rotatable bonds is 7. The van der Waals surface area contributed by atoms with Gasteiger partial charge in [0.15, 0.2) is 17.4 Å². The van der Waals surface area contributed by atoms with Gasteiger partial charge in [0.2, 0.25) is 0 Å². The summed E-state index contributed by atoms with van der Waals surface area (Å²) in [5, 5.41) is 24.9. The van der Waals surface area contributed by atoms with Crippen molar-refractivity contribution in [3.05, 3.63) is 57.6 Å². The van der Waals surface area contributed by atoms with E-state index in [9.17, 15) is 14.9 Å². The topological polar surface area (TPSA) is 129 Å². The van der Waals surface area contributed by atoms with Crippen LogP contribution in [0, 0.1) is 16.0 Å². The molecule has 182 valence electrons. The lowest BCUT2D eigenvalue weighted by Gasteiger charge is -2.32. The normalized spacial score (nSPS) is 15.5. The average molecular weight is 479 g/mol. The summed E-state index contributed by atoms with van der Waals surface area (Å²) in [5.41, 5.74) is 1.90. The van der Waals surface area contributed by atoms with E-state index < -0.39 is 4.92 Å². The number of anilines is 2. The Bertz CT molecular complexity index is 1270. The van der Waals surface area contributed by atoms with Gasteiger partial charge >= 0.3 is 5.97 Å². The number of nitrogens with zero attached hydrogens (tertiary/aromatic N) is 4. The molecule has 0 spiro atoms. The molecule has 1 saturated heterocycles. The number of nitro groups is 1. The van der Waals surface area contributed by atoms with Crippen molar-refractivity contribution in [1.29, 1.82) is 0 Å². The Hall–Kier alpha value is -3.99. The SMILES string of the molecule is CCOC(=O)C1CCN(c2nnc(NCc3ccc4c(c3)OOC4)c3cc([N+](=O)[O-])ccc23)CC1. The van der Waals surface area contributed by atoms with Crippen LogP contribution in [0.1, 0.15) is 30.9 Å². The van der Waals surface area contributed by atoms with Crippen molar-refractivity contribution in [3.63, 3.8) is 0 Å². The number of nitrogens with one attached hydrogen (secondary N) is 1. The molecule has 1 fully saturated rings. The minimum atomic E-state index is -0.425. The summed E-state index contributed by atoms with van der Waals surface area (Å²) in [6.07, 6.45) is 1.30. The number of benzene rings is 2. The fourth-order valence-electron chi connectivity index (χ4n) is 4.44. The molecule has 11 heteroatoms. The summed E-state index contributed by atoms with van der Waals surface area (Å²) in [6, 6.07) is 10.5. The molecule has 0 unspecified atom stereocenters. The van der Waals surface area contributed by atoms with Crippen LogP contribution in [0.2, 0.25) is 0 Å². The standard InChI is InChI=1S/C24H25N5O6/c1-2-33-24(30)16-7-9-28(10-8-16)23-19-6-5-18(29(31)32)12-20(19)22(26-27-23)25-13-15-3-4-17-14-34-35-21(17)11-15/h3-6,11-12,16H,2,7-10,13-14H2,1H3,(H,25,26). The zero-order chi connectivity index (χ0) is 24.4. The van der Waals surface area contributed by atoms with Gasteiger partial charge in [-0.25, -0.2) is 0 Å². The maximum Gasteiger partial charge on any atom is 0.309 e. The van der Waals surface area contributed by atoms with E-state index in [4.69, 9.17) is 14.5 Å². The number of esters is 1. The molecule has 0 radical (unpaired) electrons. The van der Waals surface area contributed by atoms with Crippen LogP contribution in [0.15, 0.2) is 36.4 Å². The lowest BCUT2D eigenvalue weighted by atomic mass is 9.96. The number of carbonyl (C=O) groups is 1. The van der Waals surface area contributed by atoms with Crippen LogP contribution in [0.3, 0.4) is 0 Å². The van der Waals surface area contributed by atoms with E-state index in [1.807, 2.05) is 18.2 Å². The minimum Gasteiger partial charge on any atom is -0.466 e. The average Bonchev–Trinajstić information content (AvgIpc) is 3.35. The summed E-state index contributed by atoms with van der Waals surface area (Å²) >= 11 is 0. The van der Waals surface area contributed by atoms with Crippen LogP contribution in [-0.4, -0.2) is 40.8 Å². The van der Waals surface area contributed by atoms with Gasteiger partial charge in [0.25, 0.3) is 5.69 Å². The lowest BCUT2D eigenvalue weighted by molar-refractivity contribution is -0.384. The van der Waals surface area contributed by atoms with Crippen LogP contribution in [0.25, 0.3) is 10.8 Å². The number of aromatic nitrogens is 2. The van der Waals surface area contributed by atoms with E-state index in [0.29, 0.717) is 68.5 Å². The van der Waals surface area contributed by atoms with Crippen molar-refractivity contribution < 1.29 is 24.2 Å². The highest BCUT2D eigenvalue weighted by molar-refractivity contribution is 6.00. The van der Waals surface area contributed by atoms with Gasteiger partial charge in [-0.2, -0.15) is 4.89 Å². The molecule has 0 aliphatic carbocycles. The molecule has 2 aromatic carbocycles. The monoisotopic (exact) mass is 479 g/mol. The lowest BCUT2D eigenvalue weighted by Crippen LogP contribution is -2.37.